The van der Waals surface area contributed by atoms with Crippen molar-refractivity contribution < 1.29 is 4.92 Å². The lowest BCUT2D eigenvalue weighted by Crippen LogP contribution is -2.43. The molecular weight excluding hydrogens is 190 g/mol. The first-order valence-corrected chi connectivity index (χ1v) is 4.83. The Morgan fingerprint density at radius 2 is 2.38 bits per heavy atom. The molecule has 13 heavy (non-hydrogen) atoms. The number of nitrogens with zero attached hydrogens (tertiary/aromatic N) is 2. The van der Waals surface area contributed by atoms with Gasteiger partial charge in [0, 0.05) is 0 Å². The molecule has 0 radical (unpaired) electrons. The number of rotatable bonds is 2. The maximum absolute atomic E-state index is 10.4. The molecule has 0 aromatic carbocycles. The molecule has 1 aliphatic rings. The van der Waals surface area contributed by atoms with Gasteiger partial charge in [0.15, 0.2) is 0 Å². The minimum Gasteiger partial charge on any atom is -0.319 e. The van der Waals surface area contributed by atoms with Crippen LogP contribution in [0.2, 0.25) is 0 Å². The first-order chi connectivity index (χ1) is 6.12. The summed E-state index contributed by atoms with van der Waals surface area (Å²) < 4.78 is 0. The number of aromatic nitrogens is 1. The Labute approximate surface area is 78.7 Å². The van der Waals surface area contributed by atoms with E-state index >= 15 is 0 Å². The molecule has 1 aromatic rings. The van der Waals surface area contributed by atoms with Crippen LogP contribution in [0.25, 0.3) is 0 Å². The van der Waals surface area contributed by atoms with Crippen molar-refractivity contribution in [2.45, 2.75) is 24.8 Å². The van der Waals surface area contributed by atoms with Crippen LogP contribution in [0, 0.1) is 10.1 Å². The van der Waals surface area contributed by atoms with E-state index in [4.69, 9.17) is 5.73 Å². The normalized spacial score (nSPS) is 19.5. The third-order valence-corrected chi connectivity index (χ3v) is 3.51. The molecule has 6 heteroatoms. The van der Waals surface area contributed by atoms with Gasteiger partial charge in [-0.15, -0.1) is 0 Å². The molecule has 0 unspecified atom stereocenters. The standard InChI is InChI=1S/C7H9N3O2S/c8-7(2-1-3-7)6-9-4-5(13-6)10(11)12/h4H,1-3,8H2. The largest absolute Gasteiger partial charge is 0.344 e. The van der Waals surface area contributed by atoms with Crippen LogP contribution in [0.5, 0.6) is 0 Å². The van der Waals surface area contributed by atoms with Crippen molar-refractivity contribution in [2.75, 3.05) is 0 Å². The van der Waals surface area contributed by atoms with E-state index in [0.717, 1.165) is 30.6 Å². The van der Waals surface area contributed by atoms with Crippen LogP contribution in [-0.2, 0) is 5.54 Å². The Morgan fingerprint density at radius 3 is 2.77 bits per heavy atom. The average Bonchev–Trinajstić information content (AvgIpc) is 2.48. The lowest BCUT2D eigenvalue weighted by molar-refractivity contribution is -0.380. The van der Waals surface area contributed by atoms with Crippen molar-refractivity contribution in [1.29, 1.82) is 0 Å². The molecule has 0 saturated heterocycles. The third kappa shape index (κ3) is 1.31. The summed E-state index contributed by atoms with van der Waals surface area (Å²) in [6, 6.07) is 0. The second-order valence-electron chi connectivity index (χ2n) is 3.27. The van der Waals surface area contributed by atoms with Gasteiger partial charge in [0.05, 0.1) is 10.5 Å². The molecule has 0 aliphatic heterocycles. The van der Waals surface area contributed by atoms with E-state index in [9.17, 15) is 10.1 Å². The zero-order chi connectivity index (χ0) is 9.47. The number of nitrogens with two attached hydrogens (primary N) is 1. The number of hydrogen-bond donors (Lipinski definition) is 1. The van der Waals surface area contributed by atoms with E-state index in [2.05, 4.69) is 4.98 Å². The highest BCUT2D eigenvalue weighted by molar-refractivity contribution is 7.15. The van der Waals surface area contributed by atoms with Gasteiger partial charge < -0.3 is 5.73 Å². The van der Waals surface area contributed by atoms with E-state index in [1.807, 2.05) is 0 Å². The van der Waals surface area contributed by atoms with Crippen molar-refractivity contribution in [3.63, 3.8) is 0 Å². The predicted octanol–water partition coefficient (Wildman–Crippen LogP) is 1.39. The lowest BCUT2D eigenvalue weighted by Gasteiger charge is -2.35. The predicted molar refractivity (Wildman–Crippen MR) is 48.5 cm³/mol. The number of thiazole rings is 1. The summed E-state index contributed by atoms with van der Waals surface area (Å²) in [6.45, 7) is 0. The van der Waals surface area contributed by atoms with Crippen LogP contribution in [0.15, 0.2) is 6.20 Å². The molecule has 1 aromatic heterocycles. The molecule has 2 N–H and O–H groups in total. The average molecular weight is 199 g/mol. The first kappa shape index (κ1) is 8.58. The summed E-state index contributed by atoms with van der Waals surface area (Å²) in [4.78, 5) is 13.9. The van der Waals surface area contributed by atoms with Crippen LogP contribution in [0.4, 0.5) is 5.00 Å². The number of nitro groups is 1. The fraction of sp³-hybridized carbons (Fsp3) is 0.571. The van der Waals surface area contributed by atoms with Gasteiger partial charge >= 0.3 is 5.00 Å². The fourth-order valence-electron chi connectivity index (χ4n) is 1.35. The van der Waals surface area contributed by atoms with Gasteiger partial charge in [0.1, 0.15) is 11.2 Å². The van der Waals surface area contributed by atoms with Crippen LogP contribution in [0.1, 0.15) is 24.3 Å². The first-order valence-electron chi connectivity index (χ1n) is 4.01. The van der Waals surface area contributed by atoms with Gasteiger partial charge in [-0.05, 0) is 30.6 Å². The van der Waals surface area contributed by atoms with Crippen LogP contribution >= 0.6 is 11.3 Å². The summed E-state index contributed by atoms with van der Waals surface area (Å²) in [6.07, 6.45) is 4.14. The summed E-state index contributed by atoms with van der Waals surface area (Å²) >= 11 is 1.09. The van der Waals surface area contributed by atoms with Gasteiger partial charge in [-0.25, -0.2) is 4.98 Å². The Morgan fingerprint density at radius 1 is 1.69 bits per heavy atom. The van der Waals surface area contributed by atoms with Gasteiger partial charge in [-0.1, -0.05) is 0 Å². The molecule has 1 saturated carbocycles. The summed E-state index contributed by atoms with van der Waals surface area (Å²) in [7, 11) is 0. The van der Waals surface area contributed by atoms with Crippen molar-refractivity contribution in [2.24, 2.45) is 5.73 Å². The zero-order valence-electron chi connectivity index (χ0n) is 6.90. The highest BCUT2D eigenvalue weighted by atomic mass is 32.1. The second kappa shape index (κ2) is 2.74. The van der Waals surface area contributed by atoms with Gasteiger partial charge in [-0.2, -0.15) is 0 Å². The molecule has 2 rings (SSSR count). The molecule has 0 amide bonds. The highest BCUT2D eigenvalue weighted by Gasteiger charge is 2.38. The van der Waals surface area contributed by atoms with E-state index in [1.165, 1.54) is 6.20 Å². The number of hydrogen-bond acceptors (Lipinski definition) is 5. The summed E-state index contributed by atoms with van der Waals surface area (Å²) in [5, 5.41) is 11.2. The Kier molecular flexibility index (Phi) is 1.81. The molecule has 70 valence electrons. The molecule has 0 atom stereocenters. The Hall–Kier alpha value is -1.01. The Balaban J connectivity index is 2.27. The van der Waals surface area contributed by atoms with Gasteiger partial charge in [-0.3, -0.25) is 10.1 Å². The lowest BCUT2D eigenvalue weighted by atomic mass is 9.78. The van der Waals surface area contributed by atoms with E-state index in [0.29, 0.717) is 5.01 Å². The topological polar surface area (TPSA) is 82.0 Å². The van der Waals surface area contributed by atoms with Crippen LogP contribution in [-0.4, -0.2) is 9.91 Å². The van der Waals surface area contributed by atoms with Crippen LogP contribution in [0.3, 0.4) is 0 Å². The van der Waals surface area contributed by atoms with Gasteiger partial charge in [0.2, 0.25) is 0 Å². The van der Waals surface area contributed by atoms with Crippen molar-refractivity contribution in [3.8, 4) is 0 Å². The molecule has 5 nitrogen and oxygen atoms in total. The highest BCUT2D eigenvalue weighted by Crippen LogP contribution is 2.41. The summed E-state index contributed by atoms with van der Waals surface area (Å²) in [5.74, 6) is 0. The van der Waals surface area contributed by atoms with E-state index < -0.39 is 4.92 Å². The third-order valence-electron chi connectivity index (χ3n) is 2.35. The van der Waals surface area contributed by atoms with Gasteiger partial charge in [0.25, 0.3) is 0 Å². The monoisotopic (exact) mass is 199 g/mol. The Bertz CT molecular complexity index is 345. The summed E-state index contributed by atoms with van der Waals surface area (Å²) in [5.41, 5.74) is 5.59. The SMILES string of the molecule is NC1(c2ncc([N+](=O)[O-])s2)CCC1. The van der Waals surface area contributed by atoms with Crippen molar-refractivity contribution in [1.82, 2.24) is 4.98 Å². The molecular formula is C7H9N3O2S. The quantitative estimate of drug-likeness (QED) is 0.576. The molecule has 0 spiro atoms. The minimum absolute atomic E-state index is 0.0757. The zero-order valence-corrected chi connectivity index (χ0v) is 7.71. The maximum Gasteiger partial charge on any atom is 0.344 e. The molecule has 1 fully saturated rings. The van der Waals surface area contributed by atoms with E-state index in [1.54, 1.807) is 0 Å². The molecule has 1 aliphatic carbocycles. The fourth-order valence-corrected chi connectivity index (χ4v) is 2.24. The van der Waals surface area contributed by atoms with Crippen LogP contribution < -0.4 is 5.73 Å². The van der Waals surface area contributed by atoms with Crippen molar-refractivity contribution >= 4 is 16.3 Å². The van der Waals surface area contributed by atoms with E-state index in [-0.39, 0.29) is 10.5 Å². The maximum atomic E-state index is 10.4. The molecule has 0 bridgehead atoms. The minimum atomic E-state index is -0.427. The smallest absolute Gasteiger partial charge is 0.319 e. The molecule has 1 heterocycles. The second-order valence-corrected chi connectivity index (χ2v) is 4.28. The van der Waals surface area contributed by atoms with Crippen molar-refractivity contribution in [3.05, 3.63) is 21.3 Å².